The van der Waals surface area contributed by atoms with E-state index >= 15 is 0 Å². The monoisotopic (exact) mass is 309 g/mol. The molecule has 1 amide bonds. The van der Waals surface area contributed by atoms with Crippen LogP contribution >= 0.6 is 0 Å². The lowest BCUT2D eigenvalue weighted by Gasteiger charge is -2.49. The maximum atomic E-state index is 12.5. The van der Waals surface area contributed by atoms with E-state index in [2.05, 4.69) is 16.8 Å². The molecule has 126 valence electrons. The average molecular weight is 309 g/mol. The molecule has 3 rings (SSSR count). The summed E-state index contributed by atoms with van der Waals surface area (Å²) in [5.41, 5.74) is 5.64. The maximum absolute atomic E-state index is 12.5. The van der Waals surface area contributed by atoms with Crippen molar-refractivity contribution in [2.75, 3.05) is 46.4 Å². The molecule has 5 heteroatoms. The second kappa shape index (κ2) is 6.85. The Morgan fingerprint density at radius 3 is 2.41 bits per heavy atom. The van der Waals surface area contributed by atoms with E-state index in [0.717, 1.165) is 71.5 Å². The predicted octanol–water partition coefficient (Wildman–Crippen LogP) is 1.07. The Bertz CT molecular complexity index is 381. The van der Waals surface area contributed by atoms with Gasteiger partial charge in [0.1, 0.15) is 0 Å². The van der Waals surface area contributed by atoms with Gasteiger partial charge < -0.3 is 15.4 Å². The van der Waals surface area contributed by atoms with Gasteiger partial charge in [0.15, 0.2) is 0 Å². The minimum atomic E-state index is -0.318. The third-order valence-electron chi connectivity index (χ3n) is 6.13. The van der Waals surface area contributed by atoms with E-state index in [4.69, 9.17) is 10.5 Å². The molecule has 1 aliphatic carbocycles. The standard InChI is InChI=1S/C17H31N3O2/c1-19-8-10-20(11-9-19)15(14-5-4-12-22-13-14)17(16(18)21)6-2-3-7-17/h14-15H,2-13H2,1H3,(H2,18,21). The Morgan fingerprint density at radius 1 is 1.18 bits per heavy atom. The van der Waals surface area contributed by atoms with Crippen LogP contribution in [-0.4, -0.2) is 68.2 Å². The SMILES string of the molecule is CN1CCN(C(C2CCCOC2)C2(C(N)=O)CCCC2)CC1. The van der Waals surface area contributed by atoms with Crippen LogP contribution in [0, 0.1) is 11.3 Å². The summed E-state index contributed by atoms with van der Waals surface area (Å²) in [7, 11) is 2.18. The molecule has 22 heavy (non-hydrogen) atoms. The van der Waals surface area contributed by atoms with Crippen LogP contribution < -0.4 is 5.73 Å². The quantitative estimate of drug-likeness (QED) is 0.844. The summed E-state index contributed by atoms with van der Waals surface area (Å²) in [4.78, 5) is 17.4. The van der Waals surface area contributed by atoms with Crippen molar-refractivity contribution in [3.63, 3.8) is 0 Å². The Labute approximate surface area is 134 Å². The zero-order valence-corrected chi connectivity index (χ0v) is 13.9. The zero-order valence-electron chi connectivity index (χ0n) is 13.9. The lowest BCUT2D eigenvalue weighted by atomic mass is 9.70. The first kappa shape index (κ1) is 16.2. The predicted molar refractivity (Wildman–Crippen MR) is 86.5 cm³/mol. The summed E-state index contributed by atoms with van der Waals surface area (Å²) in [6.07, 6.45) is 6.50. The van der Waals surface area contributed by atoms with Crippen molar-refractivity contribution in [1.82, 2.24) is 9.80 Å². The topological polar surface area (TPSA) is 58.8 Å². The summed E-state index contributed by atoms with van der Waals surface area (Å²) in [5.74, 6) is 0.391. The van der Waals surface area contributed by atoms with Gasteiger partial charge in [0.2, 0.25) is 5.91 Å². The number of hydrogen-bond donors (Lipinski definition) is 1. The molecule has 2 atom stereocenters. The van der Waals surface area contributed by atoms with Gasteiger partial charge in [-0.2, -0.15) is 0 Å². The molecule has 2 unspecified atom stereocenters. The van der Waals surface area contributed by atoms with E-state index in [-0.39, 0.29) is 17.4 Å². The molecule has 3 aliphatic rings. The van der Waals surface area contributed by atoms with E-state index < -0.39 is 0 Å². The lowest BCUT2D eigenvalue weighted by molar-refractivity contribution is -0.137. The summed E-state index contributed by atoms with van der Waals surface area (Å²) in [5, 5.41) is 0. The van der Waals surface area contributed by atoms with Gasteiger partial charge in [-0.25, -0.2) is 0 Å². The molecular weight excluding hydrogens is 278 g/mol. The van der Waals surface area contributed by atoms with Crippen molar-refractivity contribution in [2.45, 2.75) is 44.6 Å². The Balaban J connectivity index is 1.86. The van der Waals surface area contributed by atoms with E-state index in [1.807, 2.05) is 0 Å². The van der Waals surface area contributed by atoms with Gasteiger partial charge in [-0.15, -0.1) is 0 Å². The van der Waals surface area contributed by atoms with Gasteiger partial charge in [-0.1, -0.05) is 12.8 Å². The van der Waals surface area contributed by atoms with E-state index in [1.165, 1.54) is 6.42 Å². The number of likely N-dealkylation sites (N-methyl/N-ethyl adjacent to an activating group) is 1. The van der Waals surface area contributed by atoms with Crippen LogP contribution in [0.15, 0.2) is 0 Å². The molecule has 2 N–H and O–H groups in total. The third-order valence-corrected chi connectivity index (χ3v) is 6.13. The number of primary amides is 1. The highest BCUT2D eigenvalue weighted by atomic mass is 16.5. The van der Waals surface area contributed by atoms with Crippen molar-refractivity contribution >= 4 is 5.91 Å². The van der Waals surface area contributed by atoms with Crippen molar-refractivity contribution in [2.24, 2.45) is 17.1 Å². The minimum absolute atomic E-state index is 0.0699. The van der Waals surface area contributed by atoms with Gasteiger partial charge in [0, 0.05) is 38.8 Å². The van der Waals surface area contributed by atoms with E-state index in [1.54, 1.807) is 0 Å². The number of nitrogens with zero attached hydrogens (tertiary/aromatic N) is 2. The summed E-state index contributed by atoms with van der Waals surface area (Å²) in [6, 6.07) is 0.279. The Kier molecular flexibility index (Phi) is 5.05. The van der Waals surface area contributed by atoms with Gasteiger partial charge in [0.25, 0.3) is 0 Å². The number of ether oxygens (including phenoxy) is 1. The molecule has 0 aromatic rings. The number of rotatable bonds is 4. The Hall–Kier alpha value is -0.650. The fourth-order valence-electron chi connectivity index (χ4n) is 4.91. The van der Waals surface area contributed by atoms with Crippen LogP contribution in [0.5, 0.6) is 0 Å². The highest BCUT2D eigenvalue weighted by Crippen LogP contribution is 2.47. The summed E-state index contributed by atoms with van der Waals surface area (Å²) < 4.78 is 5.77. The molecule has 2 aliphatic heterocycles. The Morgan fingerprint density at radius 2 is 1.86 bits per heavy atom. The van der Waals surface area contributed by atoms with Crippen LogP contribution in [0.1, 0.15) is 38.5 Å². The molecule has 5 nitrogen and oxygen atoms in total. The number of carbonyl (C=O) groups is 1. The maximum Gasteiger partial charge on any atom is 0.225 e. The fourth-order valence-corrected chi connectivity index (χ4v) is 4.91. The zero-order chi connectivity index (χ0) is 15.6. The first-order chi connectivity index (χ1) is 10.6. The molecule has 3 fully saturated rings. The lowest BCUT2D eigenvalue weighted by Crippen LogP contribution is -2.61. The molecule has 0 radical (unpaired) electrons. The highest BCUT2D eigenvalue weighted by Gasteiger charge is 2.51. The second-order valence-electron chi connectivity index (χ2n) is 7.49. The second-order valence-corrected chi connectivity index (χ2v) is 7.49. The summed E-state index contributed by atoms with van der Waals surface area (Å²) >= 11 is 0. The van der Waals surface area contributed by atoms with Crippen molar-refractivity contribution in [3.8, 4) is 0 Å². The normalized spacial score (nSPS) is 32.0. The number of amides is 1. The van der Waals surface area contributed by atoms with Crippen molar-refractivity contribution < 1.29 is 9.53 Å². The van der Waals surface area contributed by atoms with Gasteiger partial charge in [-0.05, 0) is 38.6 Å². The number of hydrogen-bond acceptors (Lipinski definition) is 4. The average Bonchev–Trinajstić information content (AvgIpc) is 3.01. The van der Waals surface area contributed by atoms with Gasteiger partial charge in [-0.3, -0.25) is 9.69 Å². The van der Waals surface area contributed by atoms with Crippen LogP contribution in [-0.2, 0) is 9.53 Å². The van der Waals surface area contributed by atoms with Crippen molar-refractivity contribution in [3.05, 3.63) is 0 Å². The van der Waals surface area contributed by atoms with Crippen LogP contribution in [0.4, 0.5) is 0 Å². The number of carbonyl (C=O) groups excluding carboxylic acids is 1. The molecule has 0 spiro atoms. The first-order valence-corrected chi connectivity index (χ1v) is 8.94. The fraction of sp³-hybridized carbons (Fsp3) is 0.941. The minimum Gasteiger partial charge on any atom is -0.381 e. The number of nitrogens with two attached hydrogens (primary N) is 1. The largest absolute Gasteiger partial charge is 0.381 e. The van der Waals surface area contributed by atoms with E-state index in [9.17, 15) is 4.79 Å². The smallest absolute Gasteiger partial charge is 0.225 e. The highest BCUT2D eigenvalue weighted by molar-refractivity contribution is 5.82. The van der Waals surface area contributed by atoms with Gasteiger partial charge >= 0.3 is 0 Å². The van der Waals surface area contributed by atoms with Crippen LogP contribution in [0.3, 0.4) is 0 Å². The van der Waals surface area contributed by atoms with Crippen LogP contribution in [0.25, 0.3) is 0 Å². The molecule has 1 saturated carbocycles. The molecule has 2 heterocycles. The van der Waals surface area contributed by atoms with Gasteiger partial charge in [0.05, 0.1) is 12.0 Å². The van der Waals surface area contributed by atoms with Crippen LogP contribution in [0.2, 0.25) is 0 Å². The first-order valence-electron chi connectivity index (χ1n) is 8.94. The molecule has 0 aromatic carbocycles. The third kappa shape index (κ3) is 3.03. The number of piperazine rings is 1. The molecule has 2 saturated heterocycles. The summed E-state index contributed by atoms with van der Waals surface area (Å²) in [6.45, 7) is 5.93. The molecular formula is C17H31N3O2. The molecule has 0 bridgehead atoms. The van der Waals surface area contributed by atoms with Crippen molar-refractivity contribution in [1.29, 1.82) is 0 Å². The molecule has 0 aromatic heterocycles. The van der Waals surface area contributed by atoms with E-state index in [0.29, 0.717) is 5.92 Å².